The Morgan fingerprint density at radius 2 is 2.00 bits per heavy atom. The largest absolute Gasteiger partial charge is 0.394 e. The van der Waals surface area contributed by atoms with E-state index >= 15 is 0 Å². The molecule has 1 aliphatic carbocycles. The van der Waals surface area contributed by atoms with E-state index in [9.17, 15) is 0 Å². The molecule has 0 aliphatic heterocycles. The highest BCUT2D eigenvalue weighted by Gasteiger charge is 2.27. The molecule has 3 N–H and O–H groups in total. The summed E-state index contributed by atoms with van der Waals surface area (Å²) in [7, 11) is 0. The van der Waals surface area contributed by atoms with Crippen molar-refractivity contribution < 1.29 is 5.11 Å². The van der Waals surface area contributed by atoms with Crippen molar-refractivity contribution in [3.8, 4) is 0 Å². The van der Waals surface area contributed by atoms with E-state index in [2.05, 4.69) is 32.0 Å². The smallest absolute Gasteiger partial charge is 0.0624 e. The average Bonchev–Trinajstić information content (AvgIpc) is 2.38. The molecule has 0 amide bonds. The Bertz CT molecular complexity index is 390. The molecule has 1 aromatic rings. The van der Waals surface area contributed by atoms with Crippen LogP contribution in [0.15, 0.2) is 24.3 Å². The molecule has 0 aromatic heterocycles. The van der Waals surface area contributed by atoms with Crippen molar-refractivity contribution in [1.29, 1.82) is 0 Å². The number of hydrogen-bond acceptors (Lipinski definition) is 2. The fourth-order valence-electron chi connectivity index (χ4n) is 2.88. The van der Waals surface area contributed by atoms with Crippen LogP contribution in [0.25, 0.3) is 0 Å². The SMILES string of the molecule is CC1(C)CCC(c2cccc(C(N)CO)c2)CC1. The second-order valence-electron chi connectivity index (χ2n) is 6.40. The van der Waals surface area contributed by atoms with E-state index in [1.54, 1.807) is 0 Å². The van der Waals surface area contributed by atoms with Crippen LogP contribution < -0.4 is 5.73 Å². The highest BCUT2D eigenvalue weighted by molar-refractivity contribution is 5.29. The van der Waals surface area contributed by atoms with Gasteiger partial charge in [0.2, 0.25) is 0 Å². The molecule has 1 aliphatic rings. The van der Waals surface area contributed by atoms with Gasteiger partial charge < -0.3 is 10.8 Å². The molecule has 0 spiro atoms. The zero-order chi connectivity index (χ0) is 13.2. The van der Waals surface area contributed by atoms with Crippen molar-refractivity contribution in [2.45, 2.75) is 51.5 Å². The van der Waals surface area contributed by atoms with Crippen molar-refractivity contribution in [2.24, 2.45) is 11.1 Å². The van der Waals surface area contributed by atoms with Crippen molar-refractivity contribution in [1.82, 2.24) is 0 Å². The van der Waals surface area contributed by atoms with Crippen LogP contribution in [-0.2, 0) is 0 Å². The van der Waals surface area contributed by atoms with Crippen LogP contribution in [-0.4, -0.2) is 11.7 Å². The molecule has 0 saturated heterocycles. The van der Waals surface area contributed by atoms with Gasteiger partial charge in [0, 0.05) is 0 Å². The third kappa shape index (κ3) is 3.12. The molecule has 1 saturated carbocycles. The molecule has 1 unspecified atom stereocenters. The van der Waals surface area contributed by atoms with Crippen LogP contribution in [0.3, 0.4) is 0 Å². The lowest BCUT2D eigenvalue weighted by Crippen LogP contribution is -2.20. The van der Waals surface area contributed by atoms with Gasteiger partial charge >= 0.3 is 0 Å². The lowest BCUT2D eigenvalue weighted by atomic mass is 9.71. The monoisotopic (exact) mass is 247 g/mol. The van der Waals surface area contributed by atoms with E-state index in [1.165, 1.54) is 31.2 Å². The molecule has 18 heavy (non-hydrogen) atoms. The number of aliphatic hydroxyl groups excluding tert-OH is 1. The second kappa shape index (κ2) is 5.41. The summed E-state index contributed by atoms with van der Waals surface area (Å²) in [6.07, 6.45) is 5.14. The van der Waals surface area contributed by atoms with Gasteiger partial charge in [-0.05, 0) is 48.1 Å². The molecule has 1 fully saturated rings. The molecule has 1 aromatic carbocycles. The van der Waals surface area contributed by atoms with Gasteiger partial charge in [-0.3, -0.25) is 0 Å². The van der Waals surface area contributed by atoms with Gasteiger partial charge in [0.05, 0.1) is 12.6 Å². The topological polar surface area (TPSA) is 46.2 Å². The fraction of sp³-hybridized carbons (Fsp3) is 0.625. The molecule has 2 heteroatoms. The molecule has 2 nitrogen and oxygen atoms in total. The standard InChI is InChI=1S/C16H25NO/c1-16(2)8-6-12(7-9-16)13-4-3-5-14(10-13)15(17)11-18/h3-5,10,12,15,18H,6-9,11,17H2,1-2H3. The van der Waals surface area contributed by atoms with Gasteiger partial charge in [0.15, 0.2) is 0 Å². The molecule has 2 rings (SSSR count). The minimum absolute atomic E-state index is 0.0150. The predicted molar refractivity (Wildman–Crippen MR) is 75.4 cm³/mol. The van der Waals surface area contributed by atoms with Crippen LogP contribution in [0.5, 0.6) is 0 Å². The predicted octanol–water partition coefficient (Wildman–Crippen LogP) is 3.36. The summed E-state index contributed by atoms with van der Waals surface area (Å²) in [5.41, 5.74) is 8.85. The summed E-state index contributed by atoms with van der Waals surface area (Å²) >= 11 is 0. The lowest BCUT2D eigenvalue weighted by molar-refractivity contribution is 0.224. The number of aliphatic hydroxyl groups is 1. The maximum atomic E-state index is 9.13. The zero-order valence-electron chi connectivity index (χ0n) is 11.5. The molecule has 0 radical (unpaired) electrons. The summed E-state index contributed by atoms with van der Waals surface area (Å²) in [4.78, 5) is 0. The Hall–Kier alpha value is -0.860. The first-order chi connectivity index (χ1) is 8.52. The Balaban J connectivity index is 2.10. The fourth-order valence-corrected chi connectivity index (χ4v) is 2.88. The summed E-state index contributed by atoms with van der Waals surface area (Å²) in [6.45, 7) is 4.74. The van der Waals surface area contributed by atoms with Crippen LogP contribution in [0.1, 0.15) is 62.6 Å². The van der Waals surface area contributed by atoms with Crippen molar-refractivity contribution in [2.75, 3.05) is 6.61 Å². The maximum Gasteiger partial charge on any atom is 0.0624 e. The molecular formula is C16H25NO. The van der Waals surface area contributed by atoms with E-state index < -0.39 is 0 Å². The van der Waals surface area contributed by atoms with Gasteiger partial charge in [-0.1, -0.05) is 38.1 Å². The van der Waals surface area contributed by atoms with E-state index in [4.69, 9.17) is 10.8 Å². The maximum absolute atomic E-state index is 9.13. The molecule has 0 bridgehead atoms. The van der Waals surface area contributed by atoms with Gasteiger partial charge in [-0.15, -0.1) is 0 Å². The first kappa shape index (κ1) is 13.6. The van der Waals surface area contributed by atoms with Crippen LogP contribution in [0, 0.1) is 5.41 Å². The number of rotatable bonds is 3. The Morgan fingerprint density at radius 3 is 2.61 bits per heavy atom. The van der Waals surface area contributed by atoms with Crippen molar-refractivity contribution >= 4 is 0 Å². The van der Waals surface area contributed by atoms with Crippen LogP contribution in [0.4, 0.5) is 0 Å². The van der Waals surface area contributed by atoms with E-state index in [1.807, 2.05) is 6.07 Å². The summed E-state index contributed by atoms with van der Waals surface area (Å²) in [5, 5.41) is 9.13. The van der Waals surface area contributed by atoms with Crippen molar-refractivity contribution in [3.05, 3.63) is 35.4 Å². The minimum atomic E-state index is -0.245. The molecule has 100 valence electrons. The number of hydrogen-bond donors (Lipinski definition) is 2. The van der Waals surface area contributed by atoms with E-state index in [0.717, 1.165) is 5.56 Å². The van der Waals surface area contributed by atoms with E-state index in [0.29, 0.717) is 11.3 Å². The highest BCUT2D eigenvalue weighted by Crippen LogP contribution is 2.42. The summed E-state index contributed by atoms with van der Waals surface area (Å²) in [6, 6.07) is 8.22. The van der Waals surface area contributed by atoms with E-state index in [-0.39, 0.29) is 12.6 Å². The number of benzene rings is 1. The van der Waals surface area contributed by atoms with Gasteiger partial charge in [0.1, 0.15) is 0 Å². The molecule has 0 heterocycles. The quantitative estimate of drug-likeness (QED) is 0.860. The van der Waals surface area contributed by atoms with Gasteiger partial charge in [-0.2, -0.15) is 0 Å². The average molecular weight is 247 g/mol. The minimum Gasteiger partial charge on any atom is -0.394 e. The Kier molecular flexibility index (Phi) is 4.08. The first-order valence-corrected chi connectivity index (χ1v) is 6.98. The molecular weight excluding hydrogens is 222 g/mol. The van der Waals surface area contributed by atoms with Gasteiger partial charge in [-0.25, -0.2) is 0 Å². The molecule has 1 atom stereocenters. The first-order valence-electron chi connectivity index (χ1n) is 6.98. The number of nitrogens with two attached hydrogens (primary N) is 1. The lowest BCUT2D eigenvalue weighted by Gasteiger charge is -2.34. The third-order valence-electron chi connectivity index (χ3n) is 4.35. The normalized spacial score (nSPS) is 21.8. The summed E-state index contributed by atoms with van der Waals surface area (Å²) < 4.78 is 0. The Labute approximate surface area is 110 Å². The van der Waals surface area contributed by atoms with Crippen LogP contribution >= 0.6 is 0 Å². The summed E-state index contributed by atoms with van der Waals surface area (Å²) in [5.74, 6) is 0.670. The van der Waals surface area contributed by atoms with Crippen LogP contribution in [0.2, 0.25) is 0 Å². The zero-order valence-corrected chi connectivity index (χ0v) is 11.5. The highest BCUT2D eigenvalue weighted by atomic mass is 16.3. The van der Waals surface area contributed by atoms with Crippen molar-refractivity contribution in [3.63, 3.8) is 0 Å². The Morgan fingerprint density at radius 1 is 1.33 bits per heavy atom. The second-order valence-corrected chi connectivity index (χ2v) is 6.40. The third-order valence-corrected chi connectivity index (χ3v) is 4.35. The van der Waals surface area contributed by atoms with Gasteiger partial charge in [0.25, 0.3) is 0 Å².